The van der Waals surface area contributed by atoms with Crippen LogP contribution in [0.1, 0.15) is 25.5 Å². The predicted octanol–water partition coefficient (Wildman–Crippen LogP) is 1.39. The SMILES string of the molecule is CC(C)Oc1ccc(C2OC(N)=NC2=O)cc1. The molecule has 1 heterocycles. The molecule has 5 nitrogen and oxygen atoms in total. The van der Waals surface area contributed by atoms with Gasteiger partial charge in [0.2, 0.25) is 6.10 Å². The molecule has 1 aliphatic rings. The average molecular weight is 234 g/mol. The molecule has 1 aromatic rings. The molecule has 2 N–H and O–H groups in total. The first kappa shape index (κ1) is 11.4. The molecular weight excluding hydrogens is 220 g/mol. The molecular formula is C12H14N2O3. The van der Waals surface area contributed by atoms with Crippen LogP contribution in [0.2, 0.25) is 0 Å². The van der Waals surface area contributed by atoms with E-state index in [1.807, 2.05) is 13.8 Å². The zero-order chi connectivity index (χ0) is 12.4. The number of carbonyl (C=O) groups is 1. The molecule has 1 amide bonds. The molecule has 0 saturated heterocycles. The Bertz CT molecular complexity index is 451. The summed E-state index contributed by atoms with van der Waals surface area (Å²) >= 11 is 0. The van der Waals surface area contributed by atoms with Crippen LogP contribution in [0.15, 0.2) is 29.3 Å². The Hall–Kier alpha value is -2.04. The summed E-state index contributed by atoms with van der Waals surface area (Å²) in [7, 11) is 0. The summed E-state index contributed by atoms with van der Waals surface area (Å²) in [5.41, 5.74) is 6.05. The number of nitrogens with two attached hydrogens (primary N) is 1. The minimum atomic E-state index is -0.719. The van der Waals surface area contributed by atoms with Gasteiger partial charge < -0.3 is 15.2 Å². The van der Waals surface area contributed by atoms with Gasteiger partial charge in [0.1, 0.15) is 5.75 Å². The standard InChI is InChI=1S/C12H14N2O3/c1-7(2)16-9-5-3-8(4-6-9)10-11(15)14-12(13)17-10/h3-7,10H,1-2H3,(H2,13,14,15). The minimum Gasteiger partial charge on any atom is -0.491 e. The Kier molecular flexibility index (Phi) is 2.99. The van der Waals surface area contributed by atoms with E-state index in [1.54, 1.807) is 24.3 Å². The molecule has 2 rings (SSSR count). The summed E-state index contributed by atoms with van der Waals surface area (Å²) < 4.78 is 10.6. The first-order chi connectivity index (χ1) is 8.06. The van der Waals surface area contributed by atoms with Gasteiger partial charge in [-0.25, -0.2) is 0 Å². The first-order valence-corrected chi connectivity index (χ1v) is 5.37. The summed E-state index contributed by atoms with van der Waals surface area (Å²) in [4.78, 5) is 14.9. The van der Waals surface area contributed by atoms with Crippen LogP contribution >= 0.6 is 0 Å². The highest BCUT2D eigenvalue weighted by Crippen LogP contribution is 2.25. The average Bonchev–Trinajstić information content (AvgIpc) is 2.58. The van der Waals surface area contributed by atoms with E-state index in [0.717, 1.165) is 11.3 Å². The van der Waals surface area contributed by atoms with Gasteiger partial charge in [0.25, 0.3) is 11.9 Å². The number of aliphatic imine (C=N–C) groups is 1. The monoisotopic (exact) mass is 234 g/mol. The number of nitrogens with zero attached hydrogens (tertiary/aromatic N) is 1. The molecule has 0 aliphatic carbocycles. The highest BCUT2D eigenvalue weighted by Gasteiger charge is 2.29. The summed E-state index contributed by atoms with van der Waals surface area (Å²) in [6, 6.07) is 7.05. The smallest absolute Gasteiger partial charge is 0.296 e. The van der Waals surface area contributed by atoms with E-state index in [4.69, 9.17) is 15.2 Å². The number of carbonyl (C=O) groups excluding carboxylic acids is 1. The van der Waals surface area contributed by atoms with E-state index in [1.165, 1.54) is 0 Å². The summed E-state index contributed by atoms with van der Waals surface area (Å²) in [6.45, 7) is 3.90. The van der Waals surface area contributed by atoms with Crippen molar-refractivity contribution < 1.29 is 14.3 Å². The van der Waals surface area contributed by atoms with Crippen molar-refractivity contribution in [3.05, 3.63) is 29.8 Å². The van der Waals surface area contributed by atoms with Gasteiger partial charge in [0.15, 0.2) is 0 Å². The van der Waals surface area contributed by atoms with Crippen LogP contribution in [0.4, 0.5) is 0 Å². The zero-order valence-electron chi connectivity index (χ0n) is 9.71. The van der Waals surface area contributed by atoms with Crippen LogP contribution in [-0.4, -0.2) is 18.0 Å². The normalized spacial score (nSPS) is 19.1. The summed E-state index contributed by atoms with van der Waals surface area (Å²) in [5, 5.41) is 0. The highest BCUT2D eigenvalue weighted by atomic mass is 16.5. The number of rotatable bonds is 3. The zero-order valence-corrected chi connectivity index (χ0v) is 9.71. The second-order valence-electron chi connectivity index (χ2n) is 4.02. The van der Waals surface area contributed by atoms with Crippen molar-refractivity contribution in [2.24, 2.45) is 10.7 Å². The molecule has 0 aromatic heterocycles. The van der Waals surface area contributed by atoms with Crippen LogP contribution in [-0.2, 0) is 9.53 Å². The van der Waals surface area contributed by atoms with Crippen LogP contribution in [0.3, 0.4) is 0 Å². The van der Waals surface area contributed by atoms with Gasteiger partial charge in [-0.1, -0.05) is 12.1 Å². The van der Waals surface area contributed by atoms with Gasteiger partial charge in [-0.2, -0.15) is 4.99 Å². The van der Waals surface area contributed by atoms with Crippen LogP contribution < -0.4 is 10.5 Å². The Labute approximate surface area is 99.2 Å². The molecule has 0 radical (unpaired) electrons. The summed E-state index contributed by atoms with van der Waals surface area (Å²) in [6.07, 6.45) is -0.604. The predicted molar refractivity (Wildman–Crippen MR) is 62.7 cm³/mol. The van der Waals surface area contributed by atoms with Gasteiger partial charge in [-0.3, -0.25) is 4.79 Å². The molecule has 90 valence electrons. The van der Waals surface area contributed by atoms with Gasteiger partial charge in [-0.15, -0.1) is 0 Å². The molecule has 5 heteroatoms. The van der Waals surface area contributed by atoms with Gasteiger partial charge >= 0.3 is 0 Å². The third-order valence-corrected chi connectivity index (χ3v) is 2.24. The van der Waals surface area contributed by atoms with Gasteiger partial charge in [0, 0.05) is 5.56 Å². The van der Waals surface area contributed by atoms with Crippen molar-refractivity contribution in [1.82, 2.24) is 0 Å². The topological polar surface area (TPSA) is 73.9 Å². The van der Waals surface area contributed by atoms with Crippen LogP contribution in [0.5, 0.6) is 5.75 Å². The minimum absolute atomic E-state index is 0.0810. The van der Waals surface area contributed by atoms with E-state index in [0.29, 0.717) is 0 Å². The molecule has 0 spiro atoms. The van der Waals surface area contributed by atoms with Gasteiger partial charge in [-0.05, 0) is 26.0 Å². The molecule has 17 heavy (non-hydrogen) atoms. The quantitative estimate of drug-likeness (QED) is 0.857. The Morgan fingerprint density at radius 3 is 2.47 bits per heavy atom. The second kappa shape index (κ2) is 4.45. The molecule has 1 unspecified atom stereocenters. The van der Waals surface area contributed by atoms with E-state index >= 15 is 0 Å². The van der Waals surface area contributed by atoms with Gasteiger partial charge in [0.05, 0.1) is 6.10 Å². The van der Waals surface area contributed by atoms with Crippen molar-refractivity contribution in [3.63, 3.8) is 0 Å². The number of hydrogen-bond acceptors (Lipinski definition) is 4. The van der Waals surface area contributed by atoms with E-state index < -0.39 is 6.10 Å². The molecule has 1 aliphatic heterocycles. The molecule has 1 aromatic carbocycles. The highest BCUT2D eigenvalue weighted by molar-refractivity contribution is 5.98. The lowest BCUT2D eigenvalue weighted by molar-refractivity contribution is -0.122. The molecule has 0 bridgehead atoms. The fourth-order valence-electron chi connectivity index (χ4n) is 1.57. The van der Waals surface area contributed by atoms with Crippen molar-refractivity contribution in [3.8, 4) is 5.75 Å². The van der Waals surface area contributed by atoms with Crippen LogP contribution in [0, 0.1) is 0 Å². The molecule has 1 atom stereocenters. The largest absolute Gasteiger partial charge is 0.491 e. The fraction of sp³-hybridized carbons (Fsp3) is 0.333. The van der Waals surface area contributed by atoms with Crippen LogP contribution in [0.25, 0.3) is 0 Å². The lowest BCUT2D eigenvalue weighted by Gasteiger charge is -2.12. The molecule has 0 saturated carbocycles. The third kappa shape index (κ3) is 2.55. The Morgan fingerprint density at radius 1 is 1.35 bits per heavy atom. The fourth-order valence-corrected chi connectivity index (χ4v) is 1.57. The lowest BCUT2D eigenvalue weighted by atomic mass is 10.1. The van der Waals surface area contributed by atoms with Crippen molar-refractivity contribution in [1.29, 1.82) is 0 Å². The maximum atomic E-state index is 11.4. The first-order valence-electron chi connectivity index (χ1n) is 5.37. The Balaban J connectivity index is 2.11. The third-order valence-electron chi connectivity index (χ3n) is 2.24. The van der Waals surface area contributed by atoms with E-state index in [9.17, 15) is 4.79 Å². The number of amides is 1. The van der Waals surface area contributed by atoms with Crippen molar-refractivity contribution in [2.45, 2.75) is 26.1 Å². The van der Waals surface area contributed by atoms with Crippen molar-refractivity contribution in [2.75, 3.05) is 0 Å². The maximum Gasteiger partial charge on any atom is 0.296 e. The Morgan fingerprint density at radius 2 is 2.00 bits per heavy atom. The number of hydrogen-bond donors (Lipinski definition) is 1. The maximum absolute atomic E-state index is 11.4. The van der Waals surface area contributed by atoms with E-state index in [2.05, 4.69) is 4.99 Å². The lowest BCUT2D eigenvalue weighted by Crippen LogP contribution is -2.14. The van der Waals surface area contributed by atoms with Crippen molar-refractivity contribution >= 4 is 11.9 Å². The summed E-state index contributed by atoms with van der Waals surface area (Å²) in [5.74, 6) is 0.378. The number of benzene rings is 1. The number of ether oxygens (including phenoxy) is 2. The number of amidine groups is 1. The molecule has 0 fully saturated rings. The second-order valence-corrected chi connectivity index (χ2v) is 4.02. The van der Waals surface area contributed by atoms with E-state index in [-0.39, 0.29) is 18.0 Å².